The minimum absolute atomic E-state index is 0.0528. The van der Waals surface area contributed by atoms with E-state index in [0.717, 1.165) is 17.7 Å². The van der Waals surface area contributed by atoms with E-state index in [1.54, 1.807) is 24.3 Å². The molecule has 1 atom stereocenters. The molecule has 1 saturated heterocycles. The summed E-state index contributed by atoms with van der Waals surface area (Å²) in [7, 11) is 1.76. The molecular weight excluding hydrogens is 352 g/mol. The molecule has 2 heterocycles. The van der Waals surface area contributed by atoms with Crippen molar-refractivity contribution in [1.82, 2.24) is 20.1 Å². The fraction of sp³-hybridized carbons (Fsp3) is 0.318. The first-order valence-corrected chi connectivity index (χ1v) is 9.49. The van der Waals surface area contributed by atoms with E-state index in [1.807, 2.05) is 54.6 Å². The summed E-state index contributed by atoms with van der Waals surface area (Å²) >= 11 is 0. The number of amides is 2. The first-order valence-electron chi connectivity index (χ1n) is 9.49. The van der Waals surface area contributed by atoms with Gasteiger partial charge >= 0.3 is 0 Å². The second kappa shape index (κ2) is 9.80. The van der Waals surface area contributed by atoms with E-state index < -0.39 is 6.04 Å². The maximum atomic E-state index is 12.7. The Hall–Kier alpha value is -2.99. The van der Waals surface area contributed by atoms with Crippen LogP contribution in [0.25, 0.3) is 6.08 Å². The van der Waals surface area contributed by atoms with Gasteiger partial charge in [0.05, 0.1) is 12.5 Å². The molecule has 6 heteroatoms. The molecular formula is C22H26N4O2. The summed E-state index contributed by atoms with van der Waals surface area (Å²) in [6.45, 7) is 2.45. The summed E-state index contributed by atoms with van der Waals surface area (Å²) in [6.07, 6.45) is 7.71. The zero-order chi connectivity index (χ0) is 19.8. The Bertz CT molecular complexity index is 808. The van der Waals surface area contributed by atoms with Crippen molar-refractivity contribution < 1.29 is 9.59 Å². The van der Waals surface area contributed by atoms with Gasteiger partial charge in [0.15, 0.2) is 0 Å². The van der Waals surface area contributed by atoms with E-state index in [9.17, 15) is 9.59 Å². The lowest BCUT2D eigenvalue weighted by molar-refractivity contribution is -0.138. The van der Waals surface area contributed by atoms with Crippen molar-refractivity contribution in [3.8, 4) is 0 Å². The van der Waals surface area contributed by atoms with Crippen molar-refractivity contribution >= 4 is 17.9 Å². The van der Waals surface area contributed by atoms with E-state index in [-0.39, 0.29) is 18.2 Å². The Morgan fingerprint density at radius 3 is 2.86 bits per heavy atom. The largest absolute Gasteiger partial charge is 0.353 e. The van der Waals surface area contributed by atoms with E-state index in [2.05, 4.69) is 15.2 Å². The van der Waals surface area contributed by atoms with Crippen molar-refractivity contribution in [2.45, 2.75) is 19.0 Å². The van der Waals surface area contributed by atoms with Crippen LogP contribution < -0.4 is 5.32 Å². The highest BCUT2D eigenvalue weighted by atomic mass is 16.2. The van der Waals surface area contributed by atoms with Gasteiger partial charge in [0, 0.05) is 45.6 Å². The summed E-state index contributed by atoms with van der Waals surface area (Å²) in [5.74, 6) is -0.134. The zero-order valence-electron chi connectivity index (χ0n) is 16.1. The molecule has 28 heavy (non-hydrogen) atoms. The monoisotopic (exact) mass is 378 g/mol. The Kier molecular flexibility index (Phi) is 6.92. The number of nitrogens with one attached hydrogen (secondary N) is 1. The number of pyridine rings is 1. The maximum absolute atomic E-state index is 12.7. The molecule has 2 aromatic rings. The molecule has 1 fully saturated rings. The van der Waals surface area contributed by atoms with Crippen molar-refractivity contribution in [2.75, 3.05) is 26.7 Å². The van der Waals surface area contributed by atoms with Crippen molar-refractivity contribution in [3.05, 3.63) is 72.1 Å². The smallest absolute Gasteiger partial charge is 0.237 e. The van der Waals surface area contributed by atoms with Crippen LogP contribution in [0.4, 0.5) is 0 Å². The highest BCUT2D eigenvalue weighted by Crippen LogP contribution is 2.12. The highest BCUT2D eigenvalue weighted by Gasteiger charge is 2.31. The van der Waals surface area contributed by atoms with Gasteiger partial charge in [-0.25, -0.2) is 0 Å². The fourth-order valence-corrected chi connectivity index (χ4v) is 3.27. The standard InChI is InChI=1S/C22H26N4O2/c1-25(17-19-9-5-11-23-16-19)21(27)15-20-22(28)24-12-14-26(20)13-6-10-18-7-3-2-4-8-18/h2-11,16,20H,12-15,17H2,1H3,(H,24,28)/b10-6+. The summed E-state index contributed by atoms with van der Waals surface area (Å²) < 4.78 is 0. The molecule has 1 aliphatic heterocycles. The van der Waals surface area contributed by atoms with Crippen molar-refractivity contribution in [1.29, 1.82) is 0 Å². The number of hydrogen-bond donors (Lipinski definition) is 1. The van der Waals surface area contributed by atoms with Gasteiger partial charge in [0.1, 0.15) is 0 Å². The average molecular weight is 378 g/mol. The molecule has 1 aliphatic rings. The predicted molar refractivity (Wildman–Crippen MR) is 109 cm³/mol. The Labute approximate surface area is 165 Å². The number of hydrogen-bond acceptors (Lipinski definition) is 4. The summed E-state index contributed by atoms with van der Waals surface area (Å²) in [5, 5.41) is 2.88. The Morgan fingerprint density at radius 1 is 1.29 bits per heavy atom. The molecule has 0 radical (unpaired) electrons. The van der Waals surface area contributed by atoms with Crippen molar-refractivity contribution in [2.24, 2.45) is 0 Å². The number of benzene rings is 1. The molecule has 1 unspecified atom stereocenters. The number of rotatable bonds is 7. The number of aromatic nitrogens is 1. The summed E-state index contributed by atoms with van der Waals surface area (Å²) in [5.41, 5.74) is 2.09. The van der Waals surface area contributed by atoms with Gasteiger partial charge in [-0.2, -0.15) is 0 Å². The first kappa shape index (κ1) is 19.8. The first-order chi connectivity index (χ1) is 13.6. The third-order valence-corrected chi connectivity index (χ3v) is 4.83. The Balaban J connectivity index is 1.59. The number of carbonyl (C=O) groups excluding carboxylic acids is 2. The molecule has 2 amide bonds. The van der Waals surface area contributed by atoms with Gasteiger partial charge < -0.3 is 10.2 Å². The molecule has 1 N–H and O–H groups in total. The quantitative estimate of drug-likeness (QED) is 0.800. The van der Waals surface area contributed by atoms with Crippen LogP contribution in [0.3, 0.4) is 0 Å². The SMILES string of the molecule is CN(Cc1cccnc1)C(=O)CC1C(=O)NCCN1C/C=C/c1ccccc1. The molecule has 1 aromatic carbocycles. The van der Waals surface area contributed by atoms with Crippen LogP contribution in [0.5, 0.6) is 0 Å². The summed E-state index contributed by atoms with van der Waals surface area (Å²) in [6, 6.07) is 13.4. The molecule has 0 saturated carbocycles. The molecule has 0 bridgehead atoms. The summed E-state index contributed by atoms with van der Waals surface area (Å²) in [4.78, 5) is 32.9. The van der Waals surface area contributed by atoms with E-state index in [0.29, 0.717) is 19.6 Å². The van der Waals surface area contributed by atoms with Crippen LogP contribution >= 0.6 is 0 Å². The minimum atomic E-state index is -0.446. The Morgan fingerprint density at radius 2 is 2.11 bits per heavy atom. The number of nitrogens with zero attached hydrogens (tertiary/aromatic N) is 3. The lowest BCUT2D eigenvalue weighted by Crippen LogP contribution is -2.56. The molecule has 146 valence electrons. The van der Waals surface area contributed by atoms with Gasteiger partial charge in [-0.05, 0) is 17.2 Å². The average Bonchev–Trinajstić information content (AvgIpc) is 2.72. The van der Waals surface area contributed by atoms with E-state index in [4.69, 9.17) is 0 Å². The normalized spacial score (nSPS) is 17.5. The van der Waals surface area contributed by atoms with Gasteiger partial charge in [0.25, 0.3) is 0 Å². The molecule has 1 aromatic heterocycles. The lowest BCUT2D eigenvalue weighted by Gasteiger charge is -2.34. The third-order valence-electron chi connectivity index (χ3n) is 4.83. The third kappa shape index (κ3) is 5.50. The van der Waals surface area contributed by atoms with Crippen LogP contribution in [-0.2, 0) is 16.1 Å². The van der Waals surface area contributed by atoms with Crippen LogP contribution in [0.1, 0.15) is 17.5 Å². The second-order valence-corrected chi connectivity index (χ2v) is 6.93. The number of carbonyl (C=O) groups is 2. The molecule has 0 spiro atoms. The van der Waals surface area contributed by atoms with Crippen LogP contribution in [0.15, 0.2) is 60.9 Å². The highest BCUT2D eigenvalue weighted by molar-refractivity contribution is 5.88. The van der Waals surface area contributed by atoms with Gasteiger partial charge in [-0.15, -0.1) is 0 Å². The van der Waals surface area contributed by atoms with Crippen molar-refractivity contribution in [3.63, 3.8) is 0 Å². The van der Waals surface area contributed by atoms with Gasteiger partial charge in [0.2, 0.25) is 11.8 Å². The van der Waals surface area contributed by atoms with Gasteiger partial charge in [-0.3, -0.25) is 19.5 Å². The molecule has 6 nitrogen and oxygen atoms in total. The van der Waals surface area contributed by atoms with Crippen LogP contribution in [0, 0.1) is 0 Å². The van der Waals surface area contributed by atoms with E-state index >= 15 is 0 Å². The van der Waals surface area contributed by atoms with Crippen LogP contribution in [0.2, 0.25) is 0 Å². The second-order valence-electron chi connectivity index (χ2n) is 6.93. The molecule has 0 aliphatic carbocycles. The maximum Gasteiger partial charge on any atom is 0.237 e. The predicted octanol–water partition coefficient (Wildman–Crippen LogP) is 1.94. The topological polar surface area (TPSA) is 65.5 Å². The minimum Gasteiger partial charge on any atom is -0.353 e. The number of piperazine rings is 1. The van der Waals surface area contributed by atoms with Gasteiger partial charge in [-0.1, -0.05) is 48.6 Å². The fourth-order valence-electron chi connectivity index (χ4n) is 3.27. The van der Waals surface area contributed by atoms with Crippen LogP contribution in [-0.4, -0.2) is 59.3 Å². The zero-order valence-corrected chi connectivity index (χ0v) is 16.1. The van der Waals surface area contributed by atoms with E-state index in [1.165, 1.54) is 0 Å². The lowest BCUT2D eigenvalue weighted by atomic mass is 10.1. The molecule has 3 rings (SSSR count).